The molecule has 0 fully saturated rings. The van der Waals surface area contributed by atoms with Gasteiger partial charge in [0, 0.05) is 23.4 Å². The summed E-state index contributed by atoms with van der Waals surface area (Å²) in [5.41, 5.74) is 10.5. The molecule has 14 nitrogen and oxygen atoms in total. The van der Waals surface area contributed by atoms with Crippen molar-refractivity contribution >= 4 is 60.4 Å². The summed E-state index contributed by atoms with van der Waals surface area (Å²) in [6.07, 6.45) is 0. The molecule has 0 aliphatic heterocycles. The van der Waals surface area contributed by atoms with Crippen LogP contribution in [0.25, 0.3) is 0 Å². The van der Waals surface area contributed by atoms with Crippen LogP contribution in [0.1, 0.15) is 52.6 Å². The molecular formula is C30H33N5O9S2. The first kappa shape index (κ1) is 34.2. The fraction of sp³-hybridized carbons (Fsp3) is 0.267. The average molecular weight is 672 g/mol. The lowest BCUT2D eigenvalue weighted by Crippen LogP contribution is -2.52. The Bertz CT molecular complexity index is 1980. The highest BCUT2D eigenvalue weighted by molar-refractivity contribution is 7.91. The molecule has 46 heavy (non-hydrogen) atoms. The number of carbonyl (C=O) groups excluding carboxylic acids is 4. The minimum atomic E-state index is -4.96. The number of ketones is 2. The molecule has 2 amide bonds. The Balaban J connectivity index is 1.58. The van der Waals surface area contributed by atoms with Crippen molar-refractivity contribution in [1.82, 2.24) is 10.6 Å². The topological polar surface area (TPSA) is 245 Å². The van der Waals surface area contributed by atoms with E-state index in [0.717, 1.165) is 6.07 Å². The van der Waals surface area contributed by atoms with E-state index in [2.05, 4.69) is 16.0 Å². The van der Waals surface area contributed by atoms with Gasteiger partial charge in [0.25, 0.3) is 10.1 Å². The van der Waals surface area contributed by atoms with Gasteiger partial charge in [0.1, 0.15) is 10.9 Å². The van der Waals surface area contributed by atoms with Crippen molar-refractivity contribution in [3.05, 3.63) is 76.9 Å². The van der Waals surface area contributed by atoms with Crippen molar-refractivity contribution in [3.8, 4) is 0 Å². The maximum absolute atomic E-state index is 13.5. The number of nitrogens with one attached hydrogen (secondary N) is 3. The van der Waals surface area contributed by atoms with Crippen molar-refractivity contribution < 1.29 is 40.6 Å². The second-order valence-electron chi connectivity index (χ2n) is 11.0. The number of rotatable bonds is 11. The molecule has 8 N–H and O–H groups in total. The van der Waals surface area contributed by atoms with Gasteiger partial charge < -0.3 is 27.4 Å². The molecule has 0 bridgehead atoms. The molecule has 3 aromatic rings. The van der Waals surface area contributed by atoms with E-state index in [1.54, 1.807) is 19.9 Å². The van der Waals surface area contributed by atoms with Gasteiger partial charge in [0.2, 0.25) is 11.8 Å². The van der Waals surface area contributed by atoms with Gasteiger partial charge in [-0.25, -0.2) is 8.42 Å². The van der Waals surface area contributed by atoms with E-state index in [4.69, 9.17) is 11.5 Å². The summed E-state index contributed by atoms with van der Waals surface area (Å²) in [5, 5.41) is 7.74. The fourth-order valence-electron chi connectivity index (χ4n) is 4.79. The zero-order valence-electron chi connectivity index (χ0n) is 25.0. The minimum Gasteiger partial charge on any atom is -0.397 e. The van der Waals surface area contributed by atoms with E-state index in [-0.39, 0.29) is 45.4 Å². The summed E-state index contributed by atoms with van der Waals surface area (Å²) in [6, 6.07) is 10.3. The Kier molecular flexibility index (Phi) is 9.67. The second-order valence-corrected chi connectivity index (χ2v) is 14.5. The first-order chi connectivity index (χ1) is 21.4. The maximum atomic E-state index is 13.5. The molecule has 0 saturated carbocycles. The molecule has 1 aliphatic rings. The second kappa shape index (κ2) is 13.0. The van der Waals surface area contributed by atoms with Crippen molar-refractivity contribution in [2.24, 2.45) is 11.7 Å². The molecule has 0 radical (unpaired) electrons. The third-order valence-electron chi connectivity index (χ3n) is 7.39. The van der Waals surface area contributed by atoms with Gasteiger partial charge in [-0.05, 0) is 37.1 Å². The van der Waals surface area contributed by atoms with Crippen LogP contribution < -0.4 is 27.4 Å². The predicted molar refractivity (Wildman–Crippen MR) is 169 cm³/mol. The van der Waals surface area contributed by atoms with Crippen LogP contribution in [0, 0.1) is 5.92 Å². The first-order valence-electron chi connectivity index (χ1n) is 14.0. The van der Waals surface area contributed by atoms with Crippen LogP contribution in [0.2, 0.25) is 0 Å². The number of sulfone groups is 1. The molecule has 244 valence electrons. The first-order valence-corrected chi connectivity index (χ1v) is 17.1. The highest BCUT2D eigenvalue weighted by atomic mass is 32.2. The molecule has 3 aromatic carbocycles. The molecule has 16 heteroatoms. The number of benzene rings is 3. The number of amides is 2. The SMILES string of the molecule is CC(NC(=O)C(N)C(C)C)C(=O)NCCS(=O)(=O)c1cccc(Nc2cc(S(=O)(=O)O)c(N)c3c2C(=O)c2ccccc2C3=O)c1. The lowest BCUT2D eigenvalue weighted by atomic mass is 9.82. The third kappa shape index (κ3) is 6.94. The summed E-state index contributed by atoms with van der Waals surface area (Å²) < 4.78 is 60.5. The smallest absolute Gasteiger partial charge is 0.296 e. The van der Waals surface area contributed by atoms with E-state index in [0.29, 0.717) is 0 Å². The fourth-order valence-corrected chi connectivity index (χ4v) is 6.63. The lowest BCUT2D eigenvalue weighted by Gasteiger charge is -2.23. The number of carbonyl (C=O) groups is 4. The summed E-state index contributed by atoms with van der Waals surface area (Å²) in [5.74, 6) is -3.17. The van der Waals surface area contributed by atoms with Gasteiger partial charge in [-0.15, -0.1) is 0 Å². The van der Waals surface area contributed by atoms with E-state index in [1.807, 2.05) is 0 Å². The van der Waals surface area contributed by atoms with Crippen LogP contribution in [0.3, 0.4) is 0 Å². The summed E-state index contributed by atoms with van der Waals surface area (Å²) in [4.78, 5) is 50.5. The Morgan fingerprint density at radius 3 is 2.07 bits per heavy atom. The monoisotopic (exact) mass is 671 g/mol. The highest BCUT2D eigenvalue weighted by Gasteiger charge is 2.36. The van der Waals surface area contributed by atoms with Crippen molar-refractivity contribution in [3.63, 3.8) is 0 Å². The van der Waals surface area contributed by atoms with Crippen molar-refractivity contribution in [1.29, 1.82) is 0 Å². The van der Waals surface area contributed by atoms with E-state index < -0.39 is 77.3 Å². The van der Waals surface area contributed by atoms with Gasteiger partial charge in [0.05, 0.1) is 39.2 Å². The molecular weight excluding hydrogens is 638 g/mol. The predicted octanol–water partition coefficient (Wildman–Crippen LogP) is 1.41. The summed E-state index contributed by atoms with van der Waals surface area (Å²) in [7, 11) is -8.96. The number of hydrogen-bond donors (Lipinski definition) is 6. The average Bonchev–Trinajstić information content (AvgIpc) is 2.99. The largest absolute Gasteiger partial charge is 0.397 e. The van der Waals surface area contributed by atoms with Gasteiger partial charge >= 0.3 is 0 Å². The zero-order chi connectivity index (χ0) is 34.1. The van der Waals surface area contributed by atoms with Gasteiger partial charge in [-0.1, -0.05) is 44.2 Å². The van der Waals surface area contributed by atoms with Crippen LogP contribution in [0.15, 0.2) is 64.4 Å². The number of fused-ring (bicyclic) bond motifs is 2. The molecule has 0 heterocycles. The number of nitrogen functional groups attached to an aromatic ring is 1. The van der Waals surface area contributed by atoms with E-state index in [9.17, 15) is 40.6 Å². The Morgan fingerprint density at radius 2 is 1.48 bits per heavy atom. The van der Waals surface area contributed by atoms with Crippen molar-refractivity contribution in [2.75, 3.05) is 23.3 Å². The Morgan fingerprint density at radius 1 is 0.870 bits per heavy atom. The summed E-state index contributed by atoms with van der Waals surface area (Å²) >= 11 is 0. The van der Waals surface area contributed by atoms with E-state index in [1.165, 1.54) is 49.4 Å². The van der Waals surface area contributed by atoms with Gasteiger partial charge in [-0.2, -0.15) is 8.42 Å². The van der Waals surface area contributed by atoms with Crippen LogP contribution in [-0.4, -0.2) is 69.2 Å². The Labute approximate surface area is 265 Å². The molecule has 4 rings (SSSR count). The number of anilines is 3. The van der Waals surface area contributed by atoms with Crippen molar-refractivity contribution in [2.45, 2.75) is 42.6 Å². The highest BCUT2D eigenvalue weighted by Crippen LogP contribution is 2.40. The maximum Gasteiger partial charge on any atom is 0.296 e. The van der Waals surface area contributed by atoms with Gasteiger partial charge in [-0.3, -0.25) is 23.7 Å². The molecule has 2 atom stereocenters. The quantitative estimate of drug-likeness (QED) is 0.0979. The number of hydrogen-bond acceptors (Lipinski definition) is 11. The standard InChI is InChI=1S/C30H33N5O9S2/c1-15(2)25(31)30(39)34-16(3)29(38)33-11-12-45(40,41)18-8-6-7-17(13-18)35-21-14-22(46(42,43)44)26(32)24-23(21)27(36)19-9-4-5-10-20(19)28(24)37/h4-10,13-16,25,35H,11-12,31-32H2,1-3H3,(H,33,38)(H,34,39)(H,42,43,44). The van der Waals surface area contributed by atoms with Gasteiger partial charge in [0.15, 0.2) is 21.4 Å². The van der Waals surface area contributed by atoms with Crippen LogP contribution in [0.4, 0.5) is 17.1 Å². The van der Waals surface area contributed by atoms with E-state index >= 15 is 0 Å². The normalized spacial score (nSPS) is 14.2. The van der Waals surface area contributed by atoms with Crippen LogP contribution in [0.5, 0.6) is 0 Å². The number of nitrogens with two attached hydrogens (primary N) is 2. The molecule has 0 spiro atoms. The minimum absolute atomic E-state index is 0.00114. The van der Waals surface area contributed by atoms with Crippen LogP contribution in [-0.2, 0) is 29.5 Å². The zero-order valence-corrected chi connectivity index (χ0v) is 26.7. The van der Waals surface area contributed by atoms with Crippen LogP contribution >= 0.6 is 0 Å². The molecule has 0 saturated heterocycles. The molecule has 2 unspecified atom stereocenters. The third-order valence-corrected chi connectivity index (χ3v) is 10.0. The summed E-state index contributed by atoms with van der Waals surface area (Å²) in [6.45, 7) is 4.66. The Hall–Kier alpha value is -4.64. The molecule has 1 aliphatic carbocycles. The molecule has 0 aromatic heterocycles. The lowest BCUT2D eigenvalue weighted by molar-refractivity contribution is -0.129.